The van der Waals surface area contributed by atoms with Gasteiger partial charge >= 0.3 is 0 Å². The highest BCUT2D eigenvalue weighted by molar-refractivity contribution is 7.78. The van der Waals surface area contributed by atoms with Crippen molar-refractivity contribution >= 4 is 37.6 Å². The van der Waals surface area contributed by atoms with Crippen molar-refractivity contribution in [1.29, 1.82) is 0 Å². The molecule has 72 valence electrons. The van der Waals surface area contributed by atoms with Gasteiger partial charge in [-0.2, -0.15) is 0 Å². The van der Waals surface area contributed by atoms with E-state index >= 15 is 0 Å². The largest absolute Gasteiger partial charge is 0.276 e. The van der Waals surface area contributed by atoms with Gasteiger partial charge < -0.3 is 0 Å². The Kier molecular flexibility index (Phi) is 163. The zero-order valence-corrected chi connectivity index (χ0v) is 9.10. The van der Waals surface area contributed by atoms with Gasteiger partial charge in [-0.05, 0) is 13.4 Å². The molecule has 0 heterocycles. The predicted molar refractivity (Wildman–Crippen MR) is 61.5 cm³/mol. The van der Waals surface area contributed by atoms with Crippen LogP contribution in [0.4, 0.5) is 0 Å². The number of hydrogen-bond donors (Lipinski definition) is 0. The van der Waals surface area contributed by atoms with Crippen LogP contribution >= 0.6 is 12.2 Å². The van der Waals surface area contributed by atoms with Crippen molar-refractivity contribution in [3.05, 3.63) is 0 Å². The lowest BCUT2D eigenvalue weighted by molar-refractivity contribution is -0.106. The van der Waals surface area contributed by atoms with Gasteiger partial charge in [-0.25, -0.2) is 4.99 Å². The minimum atomic E-state index is 0.389. The first-order valence-corrected chi connectivity index (χ1v) is 4.09. The van der Waals surface area contributed by atoms with Gasteiger partial charge in [-0.15, -0.1) is 0 Å². The predicted octanol–water partition coefficient (Wildman–Crippen LogP) is 2.54. The second-order valence-electron chi connectivity index (χ2n) is 0.576. The number of carbonyl (C=O) groups excluding carboxylic acids is 1. The third kappa shape index (κ3) is 493. The summed E-state index contributed by atoms with van der Waals surface area (Å²) < 4.78 is 0. The molecule has 0 rings (SSSR count). The first-order valence-electron chi connectivity index (χ1n) is 3.62. The first-order chi connectivity index (χ1) is 5.83. The molecule has 0 fully saturated rings. The van der Waals surface area contributed by atoms with Crippen molar-refractivity contribution in [2.75, 3.05) is 0 Å². The van der Waals surface area contributed by atoms with E-state index in [4.69, 9.17) is 4.79 Å². The third-order valence-electron chi connectivity index (χ3n) is 0.149. The Hall–Kier alpha value is -0.900. The van der Waals surface area contributed by atoms with Gasteiger partial charge in [0.25, 0.3) is 0 Å². The van der Waals surface area contributed by atoms with Crippen molar-refractivity contribution < 1.29 is 4.79 Å². The van der Waals surface area contributed by atoms with Gasteiger partial charge in [0.1, 0.15) is 0 Å². The molecular weight excluding hydrogens is 172 g/mol. The summed E-state index contributed by atoms with van der Waals surface area (Å²) in [5.74, 6) is 0. The van der Waals surface area contributed by atoms with Gasteiger partial charge in [0.2, 0.25) is 6.41 Å². The Balaban J connectivity index is -0.0000000380. The third-order valence-corrected chi connectivity index (χ3v) is 0.298. The Morgan fingerprint density at radius 1 is 1.08 bits per heavy atom. The quantitative estimate of drug-likeness (QED) is 0.381. The summed E-state index contributed by atoms with van der Waals surface area (Å²) in [6, 6.07) is 0. The van der Waals surface area contributed by atoms with Crippen molar-refractivity contribution in [2.24, 2.45) is 9.98 Å². The molecule has 0 radical (unpaired) electrons. The van der Waals surface area contributed by atoms with Crippen LogP contribution in [0.5, 0.6) is 0 Å². The summed E-state index contributed by atoms with van der Waals surface area (Å²) in [7, 11) is 0. The maximum Gasteiger partial charge on any atom is 0.232 e. The van der Waals surface area contributed by atoms with Crippen molar-refractivity contribution in [1.82, 2.24) is 0 Å². The molecule has 4 heteroatoms. The summed E-state index contributed by atoms with van der Waals surface area (Å²) in [6.07, 6.45) is 0.389. The van der Waals surface area contributed by atoms with E-state index in [1.54, 1.807) is 0 Å². The van der Waals surface area contributed by atoms with E-state index in [0.717, 1.165) is 0 Å². The zero-order valence-electron chi connectivity index (χ0n) is 8.28. The second-order valence-corrected chi connectivity index (χ2v) is 0.787. The summed E-state index contributed by atoms with van der Waals surface area (Å²) in [4.78, 5) is 14.9. The number of hydrogen-bond acceptors (Lipinski definition) is 2. The smallest absolute Gasteiger partial charge is 0.232 e. The second kappa shape index (κ2) is 87.0. The van der Waals surface area contributed by atoms with Crippen LogP contribution in [-0.2, 0) is 4.79 Å². The summed E-state index contributed by atoms with van der Waals surface area (Å²) in [5.41, 5.74) is 1.22. The molecule has 0 saturated carbocycles. The van der Waals surface area contributed by atoms with Crippen LogP contribution in [0.15, 0.2) is 9.98 Å². The lowest BCUT2D eigenvalue weighted by Crippen LogP contribution is -1.47. The van der Waals surface area contributed by atoms with Crippen LogP contribution < -0.4 is 0 Å². The minimum absolute atomic E-state index is 0.389. The standard InChI is InChI=1S/C2H3NO.C2H3NS.2C2H6/c2*1-3-2-4;2*1-2/h2*2H,1H2;2*1-2H3. The molecule has 0 aliphatic rings. The monoisotopic (exact) mass is 190 g/mol. The van der Waals surface area contributed by atoms with Crippen LogP contribution in [0.3, 0.4) is 0 Å². The molecular formula is C8H18N2OS. The van der Waals surface area contributed by atoms with Gasteiger partial charge in [-0.3, -0.25) is 9.79 Å². The van der Waals surface area contributed by atoms with E-state index in [2.05, 4.69) is 35.6 Å². The number of rotatable bonds is 2. The molecule has 0 aliphatic carbocycles. The van der Waals surface area contributed by atoms with Crippen molar-refractivity contribution in [2.45, 2.75) is 27.7 Å². The lowest BCUT2D eigenvalue weighted by Gasteiger charge is -1.45. The Labute approximate surface area is 80.6 Å². The van der Waals surface area contributed by atoms with E-state index in [0.29, 0.717) is 6.41 Å². The fraction of sp³-hybridized carbons (Fsp3) is 0.500. The highest BCUT2D eigenvalue weighted by Gasteiger charge is 1.36. The fourth-order valence-electron chi connectivity index (χ4n) is 0. The van der Waals surface area contributed by atoms with Crippen LogP contribution in [-0.4, -0.2) is 25.3 Å². The zero-order chi connectivity index (χ0) is 10.8. The maximum absolute atomic E-state index is 8.94. The van der Waals surface area contributed by atoms with Crippen LogP contribution in [0.25, 0.3) is 0 Å². The Morgan fingerprint density at radius 3 is 1.25 bits per heavy atom. The van der Waals surface area contributed by atoms with Crippen LogP contribution in [0, 0.1) is 0 Å². The molecule has 0 spiro atoms. The number of amides is 1. The molecule has 0 bridgehead atoms. The molecule has 0 aromatic rings. The lowest BCUT2D eigenvalue weighted by atomic mass is 11.0. The van der Waals surface area contributed by atoms with Crippen molar-refractivity contribution in [3.63, 3.8) is 0 Å². The molecule has 0 atom stereocenters. The summed E-state index contributed by atoms with van der Waals surface area (Å²) in [6.45, 7) is 13.9. The normalized spacial score (nSPS) is 4.33. The molecule has 0 aromatic carbocycles. The SMILES string of the molecule is C=NC=O.C=NC=S.CC.CC. The highest BCUT2D eigenvalue weighted by atomic mass is 32.1. The first kappa shape index (κ1) is 22.5. The molecule has 0 aromatic heterocycles. The summed E-state index contributed by atoms with van der Waals surface area (Å²) >= 11 is 4.20. The molecule has 0 aliphatic heterocycles. The fourth-order valence-corrected chi connectivity index (χ4v) is 0. The topological polar surface area (TPSA) is 41.8 Å². The number of nitrogens with zero attached hydrogens (tertiary/aromatic N) is 2. The number of aliphatic imine (C=N–C) groups is 2. The van der Waals surface area contributed by atoms with Gasteiger partial charge in [-0.1, -0.05) is 39.9 Å². The Morgan fingerprint density at radius 2 is 1.25 bits per heavy atom. The van der Waals surface area contributed by atoms with Gasteiger partial charge in [0.05, 0.1) is 5.49 Å². The van der Waals surface area contributed by atoms with E-state index in [-0.39, 0.29) is 0 Å². The summed E-state index contributed by atoms with van der Waals surface area (Å²) in [5, 5.41) is 0. The highest BCUT2D eigenvalue weighted by Crippen LogP contribution is 1.42. The molecule has 0 saturated heterocycles. The Bertz CT molecular complexity index is 71.1. The van der Waals surface area contributed by atoms with Gasteiger partial charge in [0, 0.05) is 0 Å². The van der Waals surface area contributed by atoms with Crippen LogP contribution in [0.2, 0.25) is 0 Å². The van der Waals surface area contributed by atoms with Gasteiger partial charge in [0.15, 0.2) is 0 Å². The average molecular weight is 190 g/mol. The molecule has 0 N–H and O–H groups in total. The molecule has 1 amide bonds. The number of thiocarbonyl (C=S) groups is 1. The number of carbonyl (C=O) groups is 1. The molecule has 3 nitrogen and oxygen atoms in total. The maximum atomic E-state index is 8.94. The van der Waals surface area contributed by atoms with E-state index < -0.39 is 0 Å². The molecule has 12 heavy (non-hydrogen) atoms. The van der Waals surface area contributed by atoms with E-state index in [9.17, 15) is 0 Å². The van der Waals surface area contributed by atoms with E-state index in [1.165, 1.54) is 5.49 Å². The molecule has 0 unspecified atom stereocenters. The average Bonchev–Trinajstić information content (AvgIpc) is 2.23. The minimum Gasteiger partial charge on any atom is -0.276 e. The van der Waals surface area contributed by atoms with Crippen LogP contribution in [0.1, 0.15) is 27.7 Å². The van der Waals surface area contributed by atoms with E-state index in [1.807, 2.05) is 27.7 Å². The van der Waals surface area contributed by atoms with Crippen molar-refractivity contribution in [3.8, 4) is 0 Å².